The molecule has 0 heterocycles. The smallest absolute Gasteiger partial charge is 0.305 e. The summed E-state index contributed by atoms with van der Waals surface area (Å²) in [6.07, 6.45) is 6.96. The van der Waals surface area contributed by atoms with E-state index < -0.39 is 0 Å². The molecule has 0 saturated heterocycles. The summed E-state index contributed by atoms with van der Waals surface area (Å²) in [5.41, 5.74) is 0. The average molecular weight is 248 g/mol. The van der Waals surface area contributed by atoms with Crippen LogP contribution in [0.15, 0.2) is 0 Å². The summed E-state index contributed by atoms with van der Waals surface area (Å²) in [7, 11) is 1.65. The van der Waals surface area contributed by atoms with Crippen molar-refractivity contribution in [3.05, 3.63) is 0 Å². The summed E-state index contributed by atoms with van der Waals surface area (Å²) in [6.45, 7) is 1.13. The van der Waals surface area contributed by atoms with Gasteiger partial charge in [0, 0.05) is 26.6 Å². The van der Waals surface area contributed by atoms with Crippen LogP contribution in [0.3, 0.4) is 0 Å². The van der Waals surface area contributed by atoms with Gasteiger partial charge >= 0.3 is 5.97 Å². The molecule has 0 spiro atoms. The molecular formula is C12H24O3S. The van der Waals surface area contributed by atoms with Crippen molar-refractivity contribution in [2.45, 2.75) is 44.9 Å². The first kappa shape index (κ1) is 15.8. The van der Waals surface area contributed by atoms with Gasteiger partial charge in [0.25, 0.3) is 0 Å². The maximum Gasteiger partial charge on any atom is 0.305 e. The fraction of sp³-hybridized carbons (Fsp3) is 0.917. The summed E-state index contributed by atoms with van der Waals surface area (Å²) >= 11 is 4.15. The van der Waals surface area contributed by atoms with Crippen LogP contribution in [0, 0.1) is 0 Å². The topological polar surface area (TPSA) is 35.5 Å². The van der Waals surface area contributed by atoms with Crippen LogP contribution >= 0.6 is 12.6 Å². The molecular weight excluding hydrogens is 224 g/mol. The third kappa shape index (κ3) is 11.9. The Morgan fingerprint density at radius 1 is 1.00 bits per heavy atom. The second-order valence-corrected chi connectivity index (χ2v) is 4.26. The number of carbonyl (C=O) groups excluding carboxylic acids is 1. The lowest BCUT2D eigenvalue weighted by atomic mass is 10.1. The molecule has 0 fully saturated rings. The molecule has 0 aliphatic rings. The molecule has 0 aromatic rings. The molecule has 4 heteroatoms. The van der Waals surface area contributed by atoms with E-state index in [0.717, 1.165) is 25.0 Å². The number of unbranched alkanes of at least 4 members (excludes halogenated alkanes) is 4. The Morgan fingerprint density at radius 2 is 1.69 bits per heavy atom. The van der Waals surface area contributed by atoms with Crippen molar-refractivity contribution in [2.24, 2.45) is 0 Å². The van der Waals surface area contributed by atoms with Crippen LogP contribution < -0.4 is 0 Å². The Kier molecular flexibility index (Phi) is 12.7. The van der Waals surface area contributed by atoms with Crippen molar-refractivity contribution < 1.29 is 14.3 Å². The highest BCUT2D eigenvalue weighted by Crippen LogP contribution is 2.06. The third-order valence-corrected chi connectivity index (χ3v) is 2.61. The van der Waals surface area contributed by atoms with Gasteiger partial charge in [-0.1, -0.05) is 19.3 Å². The average Bonchev–Trinajstić information content (AvgIpc) is 2.29. The van der Waals surface area contributed by atoms with Gasteiger partial charge in [-0.25, -0.2) is 0 Å². The number of ether oxygens (including phenoxy) is 2. The molecule has 0 bridgehead atoms. The van der Waals surface area contributed by atoms with Gasteiger partial charge in [0.15, 0.2) is 0 Å². The van der Waals surface area contributed by atoms with Gasteiger partial charge in [0.05, 0.1) is 6.61 Å². The zero-order valence-corrected chi connectivity index (χ0v) is 11.1. The van der Waals surface area contributed by atoms with E-state index in [9.17, 15) is 4.79 Å². The van der Waals surface area contributed by atoms with E-state index in [4.69, 9.17) is 9.47 Å². The number of methoxy groups -OCH3 is 1. The Bertz CT molecular complexity index is 162. The predicted octanol–water partition coefficient (Wildman–Crippen LogP) is 2.84. The number of hydrogen-bond acceptors (Lipinski definition) is 4. The van der Waals surface area contributed by atoms with E-state index in [0.29, 0.717) is 19.6 Å². The summed E-state index contributed by atoms with van der Waals surface area (Å²) in [6, 6.07) is 0. The summed E-state index contributed by atoms with van der Waals surface area (Å²) < 4.78 is 9.90. The summed E-state index contributed by atoms with van der Waals surface area (Å²) in [5.74, 6) is 0.881. The van der Waals surface area contributed by atoms with Crippen LogP contribution in [0.4, 0.5) is 0 Å². The molecule has 0 N–H and O–H groups in total. The Balaban J connectivity index is 3.11. The van der Waals surface area contributed by atoms with Crippen LogP contribution in [0.1, 0.15) is 44.9 Å². The third-order valence-electron chi connectivity index (χ3n) is 2.29. The number of hydrogen-bond donors (Lipinski definition) is 1. The maximum atomic E-state index is 11.2. The van der Waals surface area contributed by atoms with Crippen molar-refractivity contribution in [3.63, 3.8) is 0 Å². The minimum atomic E-state index is -0.0784. The van der Waals surface area contributed by atoms with E-state index in [1.165, 1.54) is 19.3 Å². The number of esters is 1. The van der Waals surface area contributed by atoms with Gasteiger partial charge < -0.3 is 9.47 Å². The van der Waals surface area contributed by atoms with Crippen molar-refractivity contribution in [3.8, 4) is 0 Å². The first-order valence-corrected chi connectivity index (χ1v) is 6.70. The highest BCUT2D eigenvalue weighted by atomic mass is 32.1. The van der Waals surface area contributed by atoms with Crippen LogP contribution in [-0.4, -0.2) is 32.0 Å². The van der Waals surface area contributed by atoms with Crippen LogP contribution in [0.25, 0.3) is 0 Å². The second-order valence-electron chi connectivity index (χ2n) is 3.81. The van der Waals surface area contributed by atoms with E-state index in [1.54, 1.807) is 7.11 Å². The van der Waals surface area contributed by atoms with Crippen molar-refractivity contribution >= 4 is 18.6 Å². The zero-order valence-electron chi connectivity index (χ0n) is 10.2. The standard InChI is InChI=1S/C12H24O3S/c1-14-9-7-10-15-12(13)8-5-3-2-4-6-11-16/h16H,2-11H2,1H3. The highest BCUT2D eigenvalue weighted by molar-refractivity contribution is 7.80. The SMILES string of the molecule is COCCCOC(=O)CCCCCCCS. The van der Waals surface area contributed by atoms with E-state index >= 15 is 0 Å². The lowest BCUT2D eigenvalue weighted by Gasteiger charge is -2.04. The number of thiol groups is 1. The number of rotatable bonds is 11. The van der Waals surface area contributed by atoms with E-state index in [1.807, 2.05) is 0 Å². The van der Waals surface area contributed by atoms with Gasteiger partial charge in [-0.2, -0.15) is 12.6 Å². The van der Waals surface area contributed by atoms with E-state index in [2.05, 4.69) is 12.6 Å². The lowest BCUT2D eigenvalue weighted by Crippen LogP contribution is -2.07. The van der Waals surface area contributed by atoms with Gasteiger partial charge in [-0.05, 0) is 18.6 Å². The molecule has 0 aliphatic heterocycles. The molecule has 96 valence electrons. The van der Waals surface area contributed by atoms with Gasteiger partial charge in [0.1, 0.15) is 0 Å². The van der Waals surface area contributed by atoms with Crippen LogP contribution in [0.2, 0.25) is 0 Å². The zero-order chi connectivity index (χ0) is 12.1. The summed E-state index contributed by atoms with van der Waals surface area (Å²) in [4.78, 5) is 11.2. The minimum absolute atomic E-state index is 0.0784. The molecule has 0 aliphatic carbocycles. The first-order chi connectivity index (χ1) is 7.81. The quantitative estimate of drug-likeness (QED) is 0.347. The van der Waals surface area contributed by atoms with Gasteiger partial charge in [0.2, 0.25) is 0 Å². The molecule has 0 saturated carbocycles. The Morgan fingerprint density at radius 3 is 2.38 bits per heavy atom. The molecule has 0 rings (SSSR count). The fourth-order valence-corrected chi connectivity index (χ4v) is 1.60. The Hall–Kier alpha value is -0.220. The van der Waals surface area contributed by atoms with Crippen molar-refractivity contribution in [2.75, 3.05) is 26.1 Å². The molecule has 3 nitrogen and oxygen atoms in total. The lowest BCUT2D eigenvalue weighted by molar-refractivity contribution is -0.144. The van der Waals surface area contributed by atoms with E-state index in [-0.39, 0.29) is 5.97 Å². The molecule has 0 radical (unpaired) electrons. The minimum Gasteiger partial charge on any atom is -0.466 e. The molecule has 0 aromatic heterocycles. The second kappa shape index (κ2) is 12.8. The molecule has 0 aromatic carbocycles. The van der Waals surface area contributed by atoms with Crippen molar-refractivity contribution in [1.82, 2.24) is 0 Å². The van der Waals surface area contributed by atoms with Crippen molar-refractivity contribution in [1.29, 1.82) is 0 Å². The monoisotopic (exact) mass is 248 g/mol. The van der Waals surface area contributed by atoms with Crippen LogP contribution in [0.5, 0.6) is 0 Å². The predicted molar refractivity (Wildman–Crippen MR) is 69.0 cm³/mol. The van der Waals surface area contributed by atoms with Gasteiger partial charge in [-0.3, -0.25) is 4.79 Å². The first-order valence-electron chi connectivity index (χ1n) is 6.06. The number of carbonyl (C=O) groups is 1. The maximum absolute atomic E-state index is 11.2. The van der Waals surface area contributed by atoms with Crippen LogP contribution in [-0.2, 0) is 14.3 Å². The highest BCUT2D eigenvalue weighted by Gasteiger charge is 2.01. The van der Waals surface area contributed by atoms with Gasteiger partial charge in [-0.15, -0.1) is 0 Å². The Labute approximate surface area is 104 Å². The molecule has 0 amide bonds. The molecule has 0 unspecified atom stereocenters. The largest absolute Gasteiger partial charge is 0.466 e. The summed E-state index contributed by atoms with van der Waals surface area (Å²) in [5, 5.41) is 0. The molecule has 16 heavy (non-hydrogen) atoms. The fourth-order valence-electron chi connectivity index (χ4n) is 1.37. The normalized spacial score (nSPS) is 10.4. The molecule has 0 atom stereocenters.